The molecule has 0 saturated carbocycles. The largest absolute Gasteiger partial charge is 0.444 e. The van der Waals surface area contributed by atoms with Gasteiger partial charge in [0.2, 0.25) is 0 Å². The van der Waals surface area contributed by atoms with E-state index in [9.17, 15) is 4.79 Å². The highest BCUT2D eigenvalue weighted by Gasteiger charge is 2.27. The zero-order valence-corrected chi connectivity index (χ0v) is 22.1. The lowest BCUT2D eigenvalue weighted by atomic mass is 10.1. The van der Waals surface area contributed by atoms with Crippen molar-refractivity contribution in [2.24, 2.45) is 0 Å². The standard InChI is InChI=1S/C21H26N4O2.C7H8.C2H6/c1-17-14-25(21(26)27-17)16-18-2-4-20(5-3-18)24-12-10-23(11-13-24)15-19-6-8-22-9-7-19;1-7-5-3-2-4-6-7;1-2/h2-9,17H,10-16H2,1H3;2-6H,1H3;1-2H3. The Kier molecular flexibility index (Phi) is 10.8. The molecular weight excluding hydrogens is 448 g/mol. The number of nitrogens with zero attached hydrogens (tertiary/aromatic N) is 4. The number of benzene rings is 2. The lowest BCUT2D eigenvalue weighted by Gasteiger charge is -2.36. The first kappa shape index (κ1) is 27.2. The van der Waals surface area contributed by atoms with Crippen molar-refractivity contribution in [2.75, 3.05) is 37.6 Å². The van der Waals surface area contributed by atoms with Crippen molar-refractivity contribution in [3.05, 3.63) is 95.8 Å². The zero-order valence-electron chi connectivity index (χ0n) is 22.1. The molecule has 36 heavy (non-hydrogen) atoms. The summed E-state index contributed by atoms with van der Waals surface area (Å²) in [5.41, 5.74) is 5.03. The summed E-state index contributed by atoms with van der Waals surface area (Å²) >= 11 is 0. The first-order chi connectivity index (χ1) is 17.6. The molecule has 6 nitrogen and oxygen atoms in total. The molecule has 3 heterocycles. The second kappa shape index (κ2) is 14.2. The molecule has 1 unspecified atom stereocenters. The van der Waals surface area contributed by atoms with Crippen LogP contribution in [0, 0.1) is 6.92 Å². The Morgan fingerprint density at radius 2 is 1.44 bits per heavy atom. The summed E-state index contributed by atoms with van der Waals surface area (Å²) in [6, 6.07) is 23.0. The van der Waals surface area contributed by atoms with Gasteiger partial charge in [-0.25, -0.2) is 4.79 Å². The predicted octanol–water partition coefficient (Wildman–Crippen LogP) is 5.77. The Labute approximate surface area is 216 Å². The number of ether oxygens (including phenoxy) is 1. The molecule has 0 aliphatic carbocycles. The molecule has 6 heteroatoms. The molecular formula is C30H40N4O2. The van der Waals surface area contributed by atoms with E-state index in [-0.39, 0.29) is 12.2 Å². The van der Waals surface area contributed by atoms with Crippen LogP contribution in [0.5, 0.6) is 0 Å². The average molecular weight is 489 g/mol. The topological polar surface area (TPSA) is 48.9 Å². The van der Waals surface area contributed by atoms with E-state index in [0.717, 1.165) is 38.3 Å². The summed E-state index contributed by atoms with van der Waals surface area (Å²) in [5, 5.41) is 0. The van der Waals surface area contributed by atoms with E-state index in [1.54, 1.807) is 4.90 Å². The van der Waals surface area contributed by atoms with Crippen LogP contribution in [0.2, 0.25) is 0 Å². The van der Waals surface area contributed by atoms with Gasteiger partial charge in [-0.15, -0.1) is 0 Å². The molecule has 192 valence electrons. The third-order valence-electron chi connectivity index (χ3n) is 6.18. The Hall–Kier alpha value is -3.38. The van der Waals surface area contributed by atoms with Gasteiger partial charge in [0.1, 0.15) is 6.10 Å². The summed E-state index contributed by atoms with van der Waals surface area (Å²) in [7, 11) is 0. The number of hydrogen-bond acceptors (Lipinski definition) is 5. The van der Waals surface area contributed by atoms with Gasteiger partial charge in [-0.1, -0.05) is 61.9 Å². The van der Waals surface area contributed by atoms with Crippen LogP contribution < -0.4 is 4.90 Å². The highest BCUT2D eigenvalue weighted by atomic mass is 16.6. The molecule has 0 bridgehead atoms. The third kappa shape index (κ3) is 8.38. The summed E-state index contributed by atoms with van der Waals surface area (Å²) < 4.78 is 5.19. The molecule has 0 N–H and O–H groups in total. The Morgan fingerprint density at radius 1 is 0.833 bits per heavy atom. The molecule has 2 aliphatic rings. The number of amides is 1. The van der Waals surface area contributed by atoms with Crippen molar-refractivity contribution in [2.45, 2.75) is 46.9 Å². The van der Waals surface area contributed by atoms with Crippen molar-refractivity contribution in [1.82, 2.24) is 14.8 Å². The zero-order chi connectivity index (χ0) is 25.8. The maximum absolute atomic E-state index is 11.8. The van der Waals surface area contributed by atoms with Crippen LogP contribution in [0.1, 0.15) is 37.5 Å². The van der Waals surface area contributed by atoms with Crippen molar-refractivity contribution >= 4 is 11.8 Å². The normalized spacial score (nSPS) is 17.4. The van der Waals surface area contributed by atoms with E-state index >= 15 is 0 Å². The smallest absolute Gasteiger partial charge is 0.410 e. The van der Waals surface area contributed by atoms with Crippen LogP contribution in [0.3, 0.4) is 0 Å². The predicted molar refractivity (Wildman–Crippen MR) is 147 cm³/mol. The molecule has 2 fully saturated rings. The number of piperazine rings is 1. The lowest BCUT2D eigenvalue weighted by molar-refractivity contribution is 0.137. The van der Waals surface area contributed by atoms with E-state index in [1.165, 1.54) is 16.8 Å². The fourth-order valence-electron chi connectivity index (χ4n) is 4.28. The van der Waals surface area contributed by atoms with Crippen LogP contribution in [0.15, 0.2) is 79.1 Å². The molecule has 5 rings (SSSR count). The molecule has 1 aromatic heterocycles. The lowest BCUT2D eigenvalue weighted by Crippen LogP contribution is -2.45. The van der Waals surface area contributed by atoms with Gasteiger partial charge in [0.25, 0.3) is 0 Å². The van der Waals surface area contributed by atoms with Crippen LogP contribution in [-0.2, 0) is 17.8 Å². The summed E-state index contributed by atoms with van der Waals surface area (Å²) in [4.78, 5) is 22.5. The van der Waals surface area contributed by atoms with Crippen molar-refractivity contribution in [3.63, 3.8) is 0 Å². The fourth-order valence-corrected chi connectivity index (χ4v) is 4.28. The summed E-state index contributed by atoms with van der Waals surface area (Å²) in [6.45, 7) is 14.4. The fraction of sp³-hybridized carbons (Fsp3) is 0.400. The van der Waals surface area contributed by atoms with Gasteiger partial charge in [0.15, 0.2) is 0 Å². The number of carbonyl (C=O) groups is 1. The number of carbonyl (C=O) groups excluding carboxylic acids is 1. The Morgan fingerprint density at radius 3 is 1.97 bits per heavy atom. The van der Waals surface area contributed by atoms with Gasteiger partial charge in [-0.3, -0.25) is 9.88 Å². The quantitative estimate of drug-likeness (QED) is 0.457. The number of hydrogen-bond donors (Lipinski definition) is 0. The van der Waals surface area contributed by atoms with Crippen molar-refractivity contribution in [3.8, 4) is 0 Å². The SMILES string of the molecule is CC.CC1CN(Cc2ccc(N3CCN(Cc4ccncc4)CC3)cc2)C(=O)O1.Cc1ccccc1. The first-order valence-electron chi connectivity index (χ1n) is 13.0. The number of aromatic nitrogens is 1. The van der Waals surface area contributed by atoms with E-state index in [0.29, 0.717) is 13.1 Å². The minimum absolute atomic E-state index is 0.0137. The van der Waals surface area contributed by atoms with Crippen molar-refractivity contribution < 1.29 is 9.53 Å². The third-order valence-corrected chi connectivity index (χ3v) is 6.18. The first-order valence-corrected chi connectivity index (χ1v) is 13.0. The second-order valence-electron chi connectivity index (χ2n) is 9.01. The maximum Gasteiger partial charge on any atom is 0.410 e. The molecule has 2 saturated heterocycles. The molecule has 2 aliphatic heterocycles. The van der Waals surface area contributed by atoms with Crippen LogP contribution in [0.25, 0.3) is 0 Å². The summed E-state index contributed by atoms with van der Waals surface area (Å²) in [6.07, 6.45) is 3.49. The minimum Gasteiger partial charge on any atom is -0.444 e. The van der Waals surface area contributed by atoms with Crippen LogP contribution in [-0.4, -0.2) is 59.7 Å². The Balaban J connectivity index is 0.000000342. The molecule has 1 atom stereocenters. The number of cyclic esters (lactones) is 1. The van der Waals surface area contributed by atoms with E-state index in [1.807, 2.05) is 51.4 Å². The van der Waals surface area contributed by atoms with Gasteiger partial charge in [0.05, 0.1) is 6.54 Å². The van der Waals surface area contributed by atoms with E-state index in [4.69, 9.17) is 4.74 Å². The highest BCUT2D eigenvalue weighted by Crippen LogP contribution is 2.20. The van der Waals surface area contributed by atoms with E-state index < -0.39 is 0 Å². The van der Waals surface area contributed by atoms with Gasteiger partial charge in [-0.05, 0) is 49.2 Å². The highest BCUT2D eigenvalue weighted by molar-refractivity contribution is 5.69. The van der Waals surface area contributed by atoms with Gasteiger partial charge in [0, 0.05) is 57.3 Å². The number of anilines is 1. The number of pyridine rings is 1. The average Bonchev–Trinajstić information content (AvgIpc) is 3.24. The van der Waals surface area contributed by atoms with Crippen LogP contribution >= 0.6 is 0 Å². The van der Waals surface area contributed by atoms with Crippen molar-refractivity contribution in [1.29, 1.82) is 0 Å². The van der Waals surface area contributed by atoms with E-state index in [2.05, 4.69) is 70.2 Å². The second-order valence-corrected chi connectivity index (χ2v) is 9.01. The molecule has 0 radical (unpaired) electrons. The van der Waals surface area contributed by atoms with Gasteiger partial charge < -0.3 is 14.5 Å². The molecule has 3 aromatic rings. The molecule has 2 aromatic carbocycles. The van der Waals surface area contributed by atoms with Crippen LogP contribution in [0.4, 0.5) is 10.5 Å². The maximum atomic E-state index is 11.8. The molecule has 1 amide bonds. The minimum atomic E-state index is -0.211. The number of aryl methyl sites for hydroxylation is 1. The van der Waals surface area contributed by atoms with Gasteiger partial charge in [-0.2, -0.15) is 0 Å². The summed E-state index contributed by atoms with van der Waals surface area (Å²) in [5.74, 6) is 0. The monoisotopic (exact) mass is 488 g/mol. The Bertz CT molecular complexity index is 1020. The van der Waals surface area contributed by atoms with Gasteiger partial charge >= 0.3 is 6.09 Å². The molecule has 0 spiro atoms. The number of rotatable bonds is 5.